The van der Waals surface area contributed by atoms with Crippen molar-refractivity contribution in [2.75, 3.05) is 22.1 Å². The number of rotatable bonds is 8. The molecule has 0 atom stereocenters. The maximum atomic E-state index is 14.1. The molecule has 0 unspecified atom stereocenters. The molecule has 1 aliphatic carbocycles. The van der Waals surface area contributed by atoms with Crippen LogP contribution in [0.3, 0.4) is 0 Å². The SMILES string of the molecule is CCCN(c1ccc(-c2ccccc2C(=O)O)cc1NC(=O)Nc1ccccc1F)C1CCCC1. The molecule has 0 heterocycles. The highest BCUT2D eigenvalue weighted by Gasteiger charge is 2.25. The number of carboxylic acids is 1. The second-order valence-corrected chi connectivity index (χ2v) is 8.77. The fourth-order valence-electron chi connectivity index (χ4n) is 4.77. The van der Waals surface area contributed by atoms with Crippen molar-refractivity contribution in [3.05, 3.63) is 78.1 Å². The van der Waals surface area contributed by atoms with Crippen molar-refractivity contribution >= 4 is 29.1 Å². The molecule has 0 radical (unpaired) electrons. The van der Waals surface area contributed by atoms with Crippen LogP contribution in [0.25, 0.3) is 11.1 Å². The zero-order valence-corrected chi connectivity index (χ0v) is 19.8. The first-order valence-corrected chi connectivity index (χ1v) is 12.0. The third kappa shape index (κ3) is 5.62. The molecule has 0 spiro atoms. The predicted octanol–water partition coefficient (Wildman–Crippen LogP) is 6.99. The summed E-state index contributed by atoms with van der Waals surface area (Å²) in [7, 11) is 0. The number of nitrogens with zero attached hydrogens (tertiary/aromatic N) is 1. The summed E-state index contributed by atoms with van der Waals surface area (Å²) in [6.07, 6.45) is 5.47. The van der Waals surface area contributed by atoms with Gasteiger partial charge in [-0.2, -0.15) is 0 Å². The average molecular weight is 476 g/mol. The predicted molar refractivity (Wildman–Crippen MR) is 138 cm³/mol. The van der Waals surface area contributed by atoms with E-state index in [0.717, 1.165) is 31.5 Å². The smallest absolute Gasteiger partial charge is 0.336 e. The van der Waals surface area contributed by atoms with E-state index >= 15 is 0 Å². The van der Waals surface area contributed by atoms with Crippen molar-refractivity contribution in [3.63, 3.8) is 0 Å². The molecule has 2 amide bonds. The third-order valence-electron chi connectivity index (χ3n) is 6.37. The number of carbonyl (C=O) groups excluding carboxylic acids is 1. The Labute approximate surface area is 204 Å². The Hall–Kier alpha value is -3.87. The van der Waals surface area contributed by atoms with Gasteiger partial charge in [-0.05, 0) is 60.7 Å². The molecular formula is C28H30FN3O3. The quantitative estimate of drug-likeness (QED) is 0.328. The van der Waals surface area contributed by atoms with E-state index in [1.54, 1.807) is 42.5 Å². The number of nitrogens with one attached hydrogen (secondary N) is 2. The van der Waals surface area contributed by atoms with Gasteiger partial charge in [-0.15, -0.1) is 0 Å². The summed E-state index contributed by atoms with van der Waals surface area (Å²) < 4.78 is 14.1. The van der Waals surface area contributed by atoms with Gasteiger partial charge in [-0.25, -0.2) is 14.0 Å². The molecule has 1 aliphatic rings. The Balaban J connectivity index is 1.74. The number of carbonyl (C=O) groups is 2. The molecule has 35 heavy (non-hydrogen) atoms. The number of hydrogen-bond acceptors (Lipinski definition) is 3. The summed E-state index contributed by atoms with van der Waals surface area (Å²) in [6.45, 7) is 2.96. The topological polar surface area (TPSA) is 81.7 Å². The molecule has 0 aliphatic heterocycles. The fourth-order valence-corrected chi connectivity index (χ4v) is 4.77. The van der Waals surface area contributed by atoms with Crippen LogP contribution < -0.4 is 15.5 Å². The van der Waals surface area contributed by atoms with Crippen molar-refractivity contribution in [3.8, 4) is 11.1 Å². The summed E-state index contributed by atoms with van der Waals surface area (Å²) in [5, 5.41) is 15.1. The highest BCUT2D eigenvalue weighted by molar-refractivity contribution is 6.03. The normalized spacial score (nSPS) is 13.4. The molecule has 0 bridgehead atoms. The van der Waals surface area contributed by atoms with Gasteiger partial charge in [0.1, 0.15) is 5.82 Å². The standard InChI is InChI=1S/C28H30FN3O3/c1-2-17-32(20-9-3-4-10-20)26-16-15-19(21-11-5-6-12-22(21)27(33)34)18-25(26)31-28(35)30-24-14-8-7-13-23(24)29/h5-8,11-16,18,20H,2-4,9-10,17H2,1H3,(H,33,34)(H2,30,31,35). The monoisotopic (exact) mass is 475 g/mol. The van der Waals surface area contributed by atoms with E-state index in [0.29, 0.717) is 22.9 Å². The van der Waals surface area contributed by atoms with Crippen LogP contribution >= 0.6 is 0 Å². The van der Waals surface area contributed by atoms with E-state index in [1.165, 1.54) is 25.0 Å². The zero-order valence-electron chi connectivity index (χ0n) is 19.8. The number of benzene rings is 3. The lowest BCUT2D eigenvalue weighted by Crippen LogP contribution is -2.35. The first kappa shape index (κ1) is 24.3. The Morgan fingerprint density at radius 3 is 2.37 bits per heavy atom. The minimum absolute atomic E-state index is 0.0835. The van der Waals surface area contributed by atoms with Crippen LogP contribution in [-0.2, 0) is 0 Å². The van der Waals surface area contributed by atoms with Crippen LogP contribution in [0.4, 0.5) is 26.2 Å². The largest absolute Gasteiger partial charge is 0.478 e. The lowest BCUT2D eigenvalue weighted by atomic mass is 9.98. The lowest BCUT2D eigenvalue weighted by Gasteiger charge is -2.33. The van der Waals surface area contributed by atoms with Gasteiger partial charge in [0.25, 0.3) is 0 Å². The molecule has 0 saturated heterocycles. The van der Waals surface area contributed by atoms with Gasteiger partial charge in [0, 0.05) is 12.6 Å². The van der Waals surface area contributed by atoms with Crippen LogP contribution in [0, 0.1) is 5.82 Å². The van der Waals surface area contributed by atoms with E-state index < -0.39 is 17.8 Å². The molecule has 4 rings (SSSR count). The van der Waals surface area contributed by atoms with Gasteiger partial charge >= 0.3 is 12.0 Å². The number of aromatic carboxylic acids is 1. The number of hydrogen-bond donors (Lipinski definition) is 3. The summed E-state index contributed by atoms with van der Waals surface area (Å²) >= 11 is 0. The minimum atomic E-state index is -1.02. The van der Waals surface area contributed by atoms with Crippen molar-refractivity contribution in [2.24, 2.45) is 0 Å². The number of amides is 2. The summed E-state index contributed by atoms with van der Waals surface area (Å²) in [5.74, 6) is -1.54. The Morgan fingerprint density at radius 1 is 0.971 bits per heavy atom. The van der Waals surface area contributed by atoms with Gasteiger partial charge < -0.3 is 20.6 Å². The van der Waals surface area contributed by atoms with Crippen molar-refractivity contribution < 1.29 is 19.1 Å². The molecule has 3 aromatic rings. The first-order valence-electron chi connectivity index (χ1n) is 12.0. The third-order valence-corrected chi connectivity index (χ3v) is 6.37. The molecule has 3 N–H and O–H groups in total. The summed E-state index contributed by atoms with van der Waals surface area (Å²) in [6, 6.07) is 18.2. The van der Waals surface area contributed by atoms with E-state index in [-0.39, 0.29) is 11.3 Å². The summed E-state index contributed by atoms with van der Waals surface area (Å²) in [4.78, 5) is 27.0. The van der Waals surface area contributed by atoms with Gasteiger partial charge in [0.05, 0.1) is 22.6 Å². The Bertz CT molecular complexity index is 1210. The second-order valence-electron chi connectivity index (χ2n) is 8.77. The van der Waals surface area contributed by atoms with Gasteiger partial charge in [-0.1, -0.05) is 56.2 Å². The molecule has 6 nitrogen and oxygen atoms in total. The van der Waals surface area contributed by atoms with Crippen molar-refractivity contribution in [2.45, 2.75) is 45.1 Å². The van der Waals surface area contributed by atoms with Crippen LogP contribution in [0.5, 0.6) is 0 Å². The summed E-state index contributed by atoms with van der Waals surface area (Å²) in [5.41, 5.74) is 2.93. The molecule has 0 aromatic heterocycles. The molecule has 7 heteroatoms. The maximum Gasteiger partial charge on any atom is 0.336 e. The Morgan fingerprint density at radius 2 is 1.66 bits per heavy atom. The lowest BCUT2D eigenvalue weighted by molar-refractivity contribution is 0.0697. The van der Waals surface area contributed by atoms with Crippen LogP contribution in [-0.4, -0.2) is 29.7 Å². The highest BCUT2D eigenvalue weighted by Crippen LogP contribution is 2.37. The van der Waals surface area contributed by atoms with Crippen LogP contribution in [0.1, 0.15) is 49.4 Å². The minimum Gasteiger partial charge on any atom is -0.478 e. The molecule has 3 aromatic carbocycles. The highest BCUT2D eigenvalue weighted by atomic mass is 19.1. The van der Waals surface area contributed by atoms with Gasteiger partial charge in [0.2, 0.25) is 0 Å². The fraction of sp³-hybridized carbons (Fsp3) is 0.286. The van der Waals surface area contributed by atoms with E-state index in [9.17, 15) is 19.1 Å². The first-order chi connectivity index (χ1) is 17.0. The second kappa shape index (κ2) is 11.0. The zero-order chi connectivity index (χ0) is 24.8. The number of para-hydroxylation sites is 1. The van der Waals surface area contributed by atoms with E-state index in [1.807, 2.05) is 12.1 Å². The van der Waals surface area contributed by atoms with E-state index in [4.69, 9.17) is 0 Å². The number of carboxylic acid groups (broad SMARTS) is 1. The number of urea groups is 1. The van der Waals surface area contributed by atoms with E-state index in [2.05, 4.69) is 22.5 Å². The van der Waals surface area contributed by atoms with Gasteiger partial charge in [-0.3, -0.25) is 0 Å². The van der Waals surface area contributed by atoms with Gasteiger partial charge in [0.15, 0.2) is 0 Å². The molecular weight excluding hydrogens is 445 g/mol. The Kier molecular flexibility index (Phi) is 7.65. The van der Waals surface area contributed by atoms with Crippen molar-refractivity contribution in [1.82, 2.24) is 0 Å². The number of halogens is 1. The average Bonchev–Trinajstić information content (AvgIpc) is 3.39. The maximum absolute atomic E-state index is 14.1. The molecule has 182 valence electrons. The molecule has 1 saturated carbocycles. The van der Waals surface area contributed by atoms with Crippen molar-refractivity contribution in [1.29, 1.82) is 0 Å². The van der Waals surface area contributed by atoms with Crippen LogP contribution in [0.15, 0.2) is 66.7 Å². The molecule has 1 fully saturated rings. The van der Waals surface area contributed by atoms with Crippen LogP contribution in [0.2, 0.25) is 0 Å². The number of anilines is 3.